The zero-order valence-electron chi connectivity index (χ0n) is 12.2. The topological polar surface area (TPSA) is 87.4 Å². The molecule has 1 aliphatic carbocycles. The number of rotatable bonds is 5. The first-order chi connectivity index (χ1) is 10.2. The van der Waals surface area contributed by atoms with E-state index in [1.54, 1.807) is 7.05 Å². The minimum Gasteiger partial charge on any atom is -0.357 e. The van der Waals surface area contributed by atoms with Gasteiger partial charge in [-0.2, -0.15) is 4.98 Å². The molecule has 8 heteroatoms. The van der Waals surface area contributed by atoms with Crippen LogP contribution in [0, 0.1) is 16.0 Å². The summed E-state index contributed by atoms with van der Waals surface area (Å²) < 4.78 is 0. The van der Waals surface area contributed by atoms with Gasteiger partial charge in [-0.05, 0) is 18.8 Å². The lowest BCUT2D eigenvalue weighted by Crippen LogP contribution is -2.47. The second-order valence-electron chi connectivity index (χ2n) is 5.64. The molecule has 1 aromatic heterocycles. The van der Waals surface area contributed by atoms with Crippen molar-refractivity contribution in [2.75, 3.05) is 50.0 Å². The van der Waals surface area contributed by atoms with Gasteiger partial charge in [0, 0.05) is 39.8 Å². The summed E-state index contributed by atoms with van der Waals surface area (Å²) in [6.45, 7) is 4.59. The van der Waals surface area contributed by atoms with E-state index < -0.39 is 4.92 Å². The number of nitrogens with one attached hydrogen (secondary N) is 1. The van der Waals surface area contributed by atoms with E-state index in [0.717, 1.165) is 32.1 Å². The molecule has 0 aromatic carbocycles. The van der Waals surface area contributed by atoms with Crippen LogP contribution < -0.4 is 10.2 Å². The second kappa shape index (κ2) is 5.80. The van der Waals surface area contributed by atoms with Gasteiger partial charge in [0.1, 0.15) is 6.20 Å². The van der Waals surface area contributed by atoms with Crippen LogP contribution in [0.25, 0.3) is 0 Å². The smallest absolute Gasteiger partial charge is 0.329 e. The Morgan fingerprint density at radius 1 is 1.38 bits per heavy atom. The quantitative estimate of drug-likeness (QED) is 0.638. The summed E-state index contributed by atoms with van der Waals surface area (Å²) >= 11 is 0. The molecule has 1 aromatic rings. The lowest BCUT2D eigenvalue weighted by Gasteiger charge is -2.35. The van der Waals surface area contributed by atoms with E-state index in [0.29, 0.717) is 11.8 Å². The van der Waals surface area contributed by atoms with Crippen LogP contribution in [-0.2, 0) is 0 Å². The van der Waals surface area contributed by atoms with Crippen LogP contribution >= 0.6 is 0 Å². The molecule has 1 saturated carbocycles. The zero-order chi connectivity index (χ0) is 14.8. The van der Waals surface area contributed by atoms with Crippen molar-refractivity contribution in [3.05, 3.63) is 16.3 Å². The minimum atomic E-state index is -0.411. The van der Waals surface area contributed by atoms with E-state index in [9.17, 15) is 10.1 Å². The Morgan fingerprint density at radius 2 is 2.10 bits per heavy atom. The Bertz CT molecular complexity index is 525. The number of piperazine rings is 1. The maximum absolute atomic E-state index is 11.2. The molecule has 0 radical (unpaired) electrons. The van der Waals surface area contributed by atoms with Gasteiger partial charge in [0.2, 0.25) is 11.8 Å². The molecule has 0 unspecified atom stereocenters. The Labute approximate surface area is 123 Å². The van der Waals surface area contributed by atoms with Crippen LogP contribution in [0.4, 0.5) is 17.5 Å². The first-order valence-electron chi connectivity index (χ1n) is 7.34. The van der Waals surface area contributed by atoms with E-state index in [1.807, 2.05) is 4.90 Å². The molecule has 0 atom stereocenters. The van der Waals surface area contributed by atoms with Crippen molar-refractivity contribution in [2.24, 2.45) is 5.92 Å². The Balaban J connectivity index is 1.72. The maximum Gasteiger partial charge on any atom is 0.329 e. The fourth-order valence-corrected chi connectivity index (χ4v) is 2.66. The van der Waals surface area contributed by atoms with Crippen LogP contribution in [0.5, 0.6) is 0 Å². The highest BCUT2D eigenvalue weighted by Crippen LogP contribution is 2.31. The van der Waals surface area contributed by atoms with Crippen molar-refractivity contribution in [3.63, 3.8) is 0 Å². The van der Waals surface area contributed by atoms with E-state index in [2.05, 4.69) is 20.2 Å². The van der Waals surface area contributed by atoms with Crippen LogP contribution in [-0.4, -0.2) is 59.6 Å². The van der Waals surface area contributed by atoms with Gasteiger partial charge in [0.15, 0.2) is 0 Å². The molecule has 0 spiro atoms. The highest BCUT2D eigenvalue weighted by molar-refractivity contribution is 5.59. The Hall–Kier alpha value is -1.96. The molecule has 8 nitrogen and oxygen atoms in total. The molecule has 2 aliphatic rings. The van der Waals surface area contributed by atoms with Crippen LogP contribution in [0.15, 0.2) is 6.20 Å². The van der Waals surface area contributed by atoms with Gasteiger partial charge in [-0.15, -0.1) is 0 Å². The summed E-state index contributed by atoms with van der Waals surface area (Å²) in [4.78, 5) is 23.4. The number of hydrogen-bond donors (Lipinski definition) is 1. The summed E-state index contributed by atoms with van der Waals surface area (Å²) in [6, 6.07) is 0. The van der Waals surface area contributed by atoms with Crippen molar-refractivity contribution in [1.29, 1.82) is 0 Å². The van der Waals surface area contributed by atoms with E-state index in [1.165, 1.54) is 25.6 Å². The standard InChI is InChI=1S/C13H20N6O2/c1-14-13-15-8-11(19(20)21)12(16-13)18-6-4-17(5-7-18)9-10-2-3-10/h8,10H,2-7,9H2,1H3,(H,14,15,16). The maximum atomic E-state index is 11.2. The predicted molar refractivity (Wildman–Crippen MR) is 79.6 cm³/mol. The van der Waals surface area contributed by atoms with Crippen LogP contribution in [0.1, 0.15) is 12.8 Å². The first kappa shape index (κ1) is 14.0. The summed E-state index contributed by atoms with van der Waals surface area (Å²) in [6.07, 6.45) is 3.98. The zero-order valence-corrected chi connectivity index (χ0v) is 12.2. The lowest BCUT2D eigenvalue weighted by atomic mass is 10.2. The van der Waals surface area contributed by atoms with Crippen molar-refractivity contribution < 1.29 is 4.92 Å². The van der Waals surface area contributed by atoms with E-state index in [4.69, 9.17) is 0 Å². The molecule has 114 valence electrons. The summed E-state index contributed by atoms with van der Waals surface area (Å²) in [5, 5.41) is 14.0. The Kier molecular flexibility index (Phi) is 3.87. The average Bonchev–Trinajstić information content (AvgIpc) is 3.31. The highest BCUT2D eigenvalue weighted by atomic mass is 16.6. The molecule has 2 heterocycles. The van der Waals surface area contributed by atoms with Crippen LogP contribution in [0.3, 0.4) is 0 Å². The molecular weight excluding hydrogens is 272 g/mol. The van der Waals surface area contributed by atoms with Crippen molar-refractivity contribution in [3.8, 4) is 0 Å². The molecule has 1 N–H and O–H groups in total. The van der Waals surface area contributed by atoms with Gasteiger partial charge < -0.3 is 10.2 Å². The molecule has 3 rings (SSSR count). The molecular formula is C13H20N6O2. The molecule has 0 amide bonds. The van der Waals surface area contributed by atoms with Gasteiger partial charge in [0.25, 0.3) is 0 Å². The fraction of sp³-hybridized carbons (Fsp3) is 0.692. The summed E-state index contributed by atoms with van der Waals surface area (Å²) in [5.41, 5.74) is -0.0235. The van der Waals surface area contributed by atoms with Gasteiger partial charge in [-0.3, -0.25) is 15.0 Å². The van der Waals surface area contributed by atoms with Gasteiger partial charge in [-0.25, -0.2) is 4.98 Å². The van der Waals surface area contributed by atoms with Crippen LogP contribution in [0.2, 0.25) is 0 Å². The molecule has 2 fully saturated rings. The SMILES string of the molecule is CNc1ncc([N+](=O)[O-])c(N2CCN(CC3CC3)CC2)n1. The normalized spacial score (nSPS) is 19.6. The van der Waals surface area contributed by atoms with Crippen molar-refractivity contribution in [1.82, 2.24) is 14.9 Å². The molecule has 21 heavy (non-hydrogen) atoms. The lowest BCUT2D eigenvalue weighted by molar-refractivity contribution is -0.384. The predicted octanol–water partition coefficient (Wildman–Crippen LogP) is 0.958. The number of nitro groups is 1. The second-order valence-corrected chi connectivity index (χ2v) is 5.64. The largest absolute Gasteiger partial charge is 0.357 e. The monoisotopic (exact) mass is 292 g/mol. The van der Waals surface area contributed by atoms with E-state index in [-0.39, 0.29) is 5.69 Å². The average molecular weight is 292 g/mol. The molecule has 1 saturated heterocycles. The third-order valence-electron chi connectivity index (χ3n) is 4.06. The van der Waals surface area contributed by atoms with Gasteiger partial charge >= 0.3 is 5.69 Å². The van der Waals surface area contributed by atoms with Crippen molar-refractivity contribution >= 4 is 17.5 Å². The number of aromatic nitrogens is 2. The molecule has 1 aliphatic heterocycles. The third kappa shape index (κ3) is 3.21. The first-order valence-corrected chi connectivity index (χ1v) is 7.34. The summed E-state index contributed by atoms with van der Waals surface area (Å²) in [7, 11) is 1.71. The summed E-state index contributed by atoms with van der Waals surface area (Å²) in [5.74, 6) is 1.71. The fourth-order valence-electron chi connectivity index (χ4n) is 2.66. The minimum absolute atomic E-state index is 0.0235. The number of nitrogens with zero attached hydrogens (tertiary/aromatic N) is 5. The third-order valence-corrected chi connectivity index (χ3v) is 4.06. The van der Waals surface area contributed by atoms with Gasteiger partial charge in [-0.1, -0.05) is 0 Å². The van der Waals surface area contributed by atoms with Crippen molar-refractivity contribution in [2.45, 2.75) is 12.8 Å². The number of hydrogen-bond acceptors (Lipinski definition) is 7. The van der Waals surface area contributed by atoms with E-state index >= 15 is 0 Å². The molecule has 0 bridgehead atoms. The Morgan fingerprint density at radius 3 is 2.67 bits per heavy atom. The number of anilines is 2. The highest BCUT2D eigenvalue weighted by Gasteiger charge is 2.29. The van der Waals surface area contributed by atoms with Gasteiger partial charge in [0.05, 0.1) is 4.92 Å².